The van der Waals surface area contributed by atoms with E-state index in [1.54, 1.807) is 0 Å². The quantitative estimate of drug-likeness (QED) is 0.665. The molecule has 0 saturated carbocycles. The maximum absolute atomic E-state index is 11.9. The third-order valence-corrected chi connectivity index (χ3v) is 2.86. The molecule has 1 aliphatic rings. The highest BCUT2D eigenvalue weighted by Crippen LogP contribution is 2.14. The number of amides is 1. The molecule has 2 rings (SSSR count). The van der Waals surface area contributed by atoms with E-state index in [0.717, 1.165) is 24.2 Å². The summed E-state index contributed by atoms with van der Waals surface area (Å²) >= 11 is 0. The molecule has 1 aromatic heterocycles. The third kappa shape index (κ3) is 3.68. The van der Waals surface area contributed by atoms with Crippen LogP contribution in [0.2, 0.25) is 0 Å². The summed E-state index contributed by atoms with van der Waals surface area (Å²) in [5.74, 6) is -0.610. The monoisotopic (exact) mass is 288 g/mol. The van der Waals surface area contributed by atoms with E-state index < -0.39 is 0 Å². The second-order valence-electron chi connectivity index (χ2n) is 4.04. The zero-order chi connectivity index (χ0) is 13.0. The van der Waals surface area contributed by atoms with Crippen LogP contribution in [0.1, 0.15) is 28.2 Å². The molecule has 106 valence electrons. The van der Waals surface area contributed by atoms with Crippen molar-refractivity contribution in [3.8, 4) is 0 Å². The van der Waals surface area contributed by atoms with Crippen LogP contribution < -0.4 is 10.6 Å². The van der Waals surface area contributed by atoms with Crippen molar-refractivity contribution < 1.29 is 14.3 Å². The maximum atomic E-state index is 11.9. The van der Waals surface area contributed by atoms with Crippen LogP contribution in [0.4, 0.5) is 0 Å². The molecule has 1 aliphatic heterocycles. The van der Waals surface area contributed by atoms with Crippen LogP contribution >= 0.6 is 12.4 Å². The zero-order valence-electron chi connectivity index (χ0n) is 10.6. The zero-order valence-corrected chi connectivity index (χ0v) is 11.4. The molecule has 0 aromatic carbocycles. The van der Waals surface area contributed by atoms with Gasteiger partial charge in [0, 0.05) is 37.3 Å². The fraction of sp³-hybridized carbons (Fsp3) is 0.545. The summed E-state index contributed by atoms with van der Waals surface area (Å²) < 4.78 is 4.49. The van der Waals surface area contributed by atoms with Gasteiger partial charge < -0.3 is 15.4 Å². The lowest BCUT2D eigenvalue weighted by molar-refractivity contribution is -0.140. The van der Waals surface area contributed by atoms with E-state index in [-0.39, 0.29) is 37.2 Å². The first kappa shape index (κ1) is 15.5. The van der Waals surface area contributed by atoms with Gasteiger partial charge in [-0.05, 0) is 0 Å². The van der Waals surface area contributed by atoms with Crippen LogP contribution in [0, 0.1) is 0 Å². The highest BCUT2D eigenvalue weighted by Gasteiger charge is 2.21. The van der Waals surface area contributed by atoms with Gasteiger partial charge in [-0.3, -0.25) is 14.7 Å². The molecule has 1 aromatic rings. The maximum Gasteiger partial charge on any atom is 0.307 e. The van der Waals surface area contributed by atoms with Crippen molar-refractivity contribution in [1.82, 2.24) is 20.8 Å². The van der Waals surface area contributed by atoms with E-state index in [1.165, 1.54) is 7.11 Å². The van der Waals surface area contributed by atoms with Gasteiger partial charge in [-0.2, -0.15) is 5.10 Å². The summed E-state index contributed by atoms with van der Waals surface area (Å²) in [5.41, 5.74) is 2.32. The van der Waals surface area contributed by atoms with E-state index in [0.29, 0.717) is 12.2 Å². The van der Waals surface area contributed by atoms with Gasteiger partial charge in [0.15, 0.2) is 5.69 Å². The first-order chi connectivity index (χ1) is 8.72. The second kappa shape index (κ2) is 7.10. The summed E-state index contributed by atoms with van der Waals surface area (Å²) in [7, 11) is 1.32. The third-order valence-electron chi connectivity index (χ3n) is 2.86. The minimum atomic E-state index is -0.346. The number of fused-ring (bicyclic) bond motifs is 1. The van der Waals surface area contributed by atoms with Crippen molar-refractivity contribution in [2.24, 2.45) is 0 Å². The number of hydrogen-bond acceptors (Lipinski definition) is 5. The Bertz CT molecular complexity index is 461. The highest BCUT2D eigenvalue weighted by molar-refractivity contribution is 5.94. The van der Waals surface area contributed by atoms with Crippen LogP contribution in [-0.2, 0) is 22.5 Å². The Morgan fingerprint density at radius 2 is 2.26 bits per heavy atom. The normalized spacial score (nSPS) is 13.1. The average molecular weight is 289 g/mol. The summed E-state index contributed by atoms with van der Waals surface area (Å²) in [6.45, 7) is 1.78. The van der Waals surface area contributed by atoms with Crippen LogP contribution in [0.5, 0.6) is 0 Å². The lowest BCUT2D eigenvalue weighted by Crippen LogP contribution is -2.29. The molecule has 7 nitrogen and oxygen atoms in total. The van der Waals surface area contributed by atoms with Crippen molar-refractivity contribution in [2.75, 3.05) is 20.2 Å². The topological polar surface area (TPSA) is 96.1 Å². The first-order valence-electron chi connectivity index (χ1n) is 5.84. The number of aromatic amines is 1. The number of H-pyrrole nitrogens is 1. The fourth-order valence-corrected chi connectivity index (χ4v) is 1.88. The number of ether oxygens (including phenoxy) is 1. The molecule has 3 N–H and O–H groups in total. The van der Waals surface area contributed by atoms with Crippen LogP contribution in [0.15, 0.2) is 0 Å². The predicted molar refractivity (Wildman–Crippen MR) is 70.2 cm³/mol. The molecule has 0 unspecified atom stereocenters. The summed E-state index contributed by atoms with van der Waals surface area (Å²) in [6.07, 6.45) is 1.00. The number of rotatable bonds is 4. The number of hydrogen-bond donors (Lipinski definition) is 3. The Balaban J connectivity index is 0.00000180. The van der Waals surface area contributed by atoms with Crippen LogP contribution in [0.3, 0.4) is 0 Å². The number of nitrogens with zero attached hydrogens (tertiary/aromatic N) is 1. The molecular weight excluding hydrogens is 272 g/mol. The number of methoxy groups -OCH3 is 1. The smallest absolute Gasteiger partial charge is 0.307 e. The number of esters is 1. The standard InChI is InChI=1S/C11H16N4O3.ClH/c1-18-9(16)3-5-13-11(17)10-7-6-12-4-2-8(7)14-15-10;/h12H,2-6H2,1H3,(H,13,17)(H,14,15);1H. The lowest BCUT2D eigenvalue weighted by Gasteiger charge is -2.12. The molecule has 0 saturated heterocycles. The van der Waals surface area contributed by atoms with Gasteiger partial charge in [0.1, 0.15) is 0 Å². The van der Waals surface area contributed by atoms with Crippen LogP contribution in [0.25, 0.3) is 0 Å². The van der Waals surface area contributed by atoms with Gasteiger partial charge in [0.25, 0.3) is 5.91 Å². The number of nitrogens with one attached hydrogen (secondary N) is 3. The van der Waals surface area contributed by atoms with E-state index in [2.05, 4.69) is 25.6 Å². The van der Waals surface area contributed by atoms with Gasteiger partial charge in [-0.1, -0.05) is 0 Å². The largest absolute Gasteiger partial charge is 0.469 e. The van der Waals surface area contributed by atoms with Gasteiger partial charge in [-0.15, -0.1) is 12.4 Å². The van der Waals surface area contributed by atoms with Crippen molar-refractivity contribution in [1.29, 1.82) is 0 Å². The Morgan fingerprint density at radius 3 is 3.00 bits per heavy atom. The van der Waals surface area contributed by atoms with Crippen molar-refractivity contribution in [3.05, 3.63) is 17.0 Å². The van der Waals surface area contributed by atoms with E-state index in [9.17, 15) is 9.59 Å². The SMILES string of the molecule is COC(=O)CCNC(=O)c1n[nH]c2c1CNCC2.Cl. The molecule has 19 heavy (non-hydrogen) atoms. The predicted octanol–water partition coefficient (Wildman–Crippen LogP) is -0.230. The Kier molecular flexibility index (Phi) is 5.78. The Labute approximate surface area is 116 Å². The van der Waals surface area contributed by atoms with Gasteiger partial charge >= 0.3 is 5.97 Å². The fourth-order valence-electron chi connectivity index (χ4n) is 1.88. The Hall–Kier alpha value is -1.60. The number of carbonyl (C=O) groups excluding carboxylic acids is 2. The first-order valence-corrected chi connectivity index (χ1v) is 5.84. The second-order valence-corrected chi connectivity index (χ2v) is 4.04. The van der Waals surface area contributed by atoms with E-state index in [4.69, 9.17) is 0 Å². The summed E-state index contributed by atoms with van der Waals surface area (Å²) in [5, 5.41) is 12.7. The summed E-state index contributed by atoms with van der Waals surface area (Å²) in [6, 6.07) is 0. The van der Waals surface area contributed by atoms with Gasteiger partial charge in [0.05, 0.1) is 13.5 Å². The molecule has 0 atom stereocenters. The molecule has 0 spiro atoms. The molecule has 2 heterocycles. The Morgan fingerprint density at radius 1 is 1.47 bits per heavy atom. The molecule has 0 fully saturated rings. The number of carbonyl (C=O) groups is 2. The molecule has 0 bridgehead atoms. The van der Waals surface area contributed by atoms with E-state index in [1.807, 2.05) is 0 Å². The average Bonchev–Trinajstić information content (AvgIpc) is 2.82. The summed E-state index contributed by atoms with van der Waals surface area (Å²) in [4.78, 5) is 22.8. The minimum Gasteiger partial charge on any atom is -0.469 e. The minimum absolute atomic E-state index is 0. The van der Waals surface area contributed by atoms with Crippen molar-refractivity contribution >= 4 is 24.3 Å². The number of aromatic nitrogens is 2. The van der Waals surface area contributed by atoms with Crippen molar-refractivity contribution in [2.45, 2.75) is 19.4 Å². The van der Waals surface area contributed by atoms with E-state index >= 15 is 0 Å². The number of halogens is 1. The van der Waals surface area contributed by atoms with Crippen LogP contribution in [-0.4, -0.2) is 42.3 Å². The van der Waals surface area contributed by atoms with Gasteiger partial charge in [-0.25, -0.2) is 0 Å². The molecular formula is C11H17ClN4O3. The van der Waals surface area contributed by atoms with Crippen molar-refractivity contribution in [3.63, 3.8) is 0 Å². The molecule has 0 radical (unpaired) electrons. The van der Waals surface area contributed by atoms with Gasteiger partial charge in [0.2, 0.25) is 0 Å². The lowest BCUT2D eigenvalue weighted by atomic mass is 10.1. The molecule has 0 aliphatic carbocycles. The molecule has 1 amide bonds. The highest BCUT2D eigenvalue weighted by atomic mass is 35.5. The molecule has 8 heteroatoms.